The van der Waals surface area contributed by atoms with E-state index in [4.69, 9.17) is 9.47 Å². The Bertz CT molecular complexity index is 597. The second-order valence-corrected chi connectivity index (χ2v) is 7.66. The van der Waals surface area contributed by atoms with E-state index in [0.29, 0.717) is 18.0 Å². The van der Waals surface area contributed by atoms with Gasteiger partial charge in [-0.05, 0) is 37.0 Å². The summed E-state index contributed by atoms with van der Waals surface area (Å²) < 4.78 is 10.7. The Kier molecular flexibility index (Phi) is 4.95. The minimum atomic E-state index is -0.151. The van der Waals surface area contributed by atoms with Gasteiger partial charge in [-0.1, -0.05) is 25.0 Å². The number of benzene rings is 1. The number of methoxy groups -OCH3 is 1. The average Bonchev–Trinajstić information content (AvgIpc) is 3.31. The zero-order chi connectivity index (χ0) is 17.2. The van der Waals surface area contributed by atoms with E-state index in [1.165, 1.54) is 38.5 Å². The molecule has 2 heterocycles. The van der Waals surface area contributed by atoms with E-state index >= 15 is 0 Å². The predicted octanol–water partition coefficient (Wildman–Crippen LogP) is 2.88. The van der Waals surface area contributed by atoms with Crippen LogP contribution in [0.15, 0.2) is 24.3 Å². The second-order valence-electron chi connectivity index (χ2n) is 7.66. The van der Waals surface area contributed by atoms with E-state index in [0.717, 1.165) is 25.2 Å². The standard InChI is InChI=1S/C20H28N2O3/c1-24-20(23)17-10-14-11-25-12-18(14)22-19(17)13-6-8-16(9-7-13)21-15-4-2-3-5-15/h6-9,14-15,17-19,21-22H,2-5,10-12H2,1H3/t14-,17-,18?,19-/m0/s1. The number of piperidine rings is 1. The van der Waals surface area contributed by atoms with Gasteiger partial charge in [0.25, 0.3) is 0 Å². The number of hydrogen-bond donors (Lipinski definition) is 2. The molecule has 3 fully saturated rings. The predicted molar refractivity (Wildman–Crippen MR) is 96.4 cm³/mol. The number of nitrogens with one attached hydrogen (secondary N) is 2. The van der Waals surface area contributed by atoms with Gasteiger partial charge in [-0.15, -0.1) is 0 Å². The van der Waals surface area contributed by atoms with Crippen molar-refractivity contribution in [1.82, 2.24) is 5.32 Å². The fourth-order valence-electron chi connectivity index (χ4n) is 4.63. The highest BCUT2D eigenvalue weighted by Gasteiger charge is 2.43. The van der Waals surface area contributed by atoms with Crippen LogP contribution in [0.5, 0.6) is 0 Å². The molecule has 1 aliphatic carbocycles. The molecule has 25 heavy (non-hydrogen) atoms. The van der Waals surface area contributed by atoms with Gasteiger partial charge < -0.3 is 20.1 Å². The van der Waals surface area contributed by atoms with Crippen LogP contribution in [0.3, 0.4) is 0 Å². The molecule has 5 heteroatoms. The number of fused-ring (bicyclic) bond motifs is 1. The van der Waals surface area contributed by atoms with Crippen LogP contribution < -0.4 is 10.6 Å². The van der Waals surface area contributed by atoms with Crippen LogP contribution in [0.4, 0.5) is 5.69 Å². The lowest BCUT2D eigenvalue weighted by molar-refractivity contribution is -0.148. The minimum absolute atomic E-state index is 0.00377. The van der Waals surface area contributed by atoms with Crippen LogP contribution in [0.25, 0.3) is 0 Å². The first-order chi connectivity index (χ1) is 12.2. The van der Waals surface area contributed by atoms with Gasteiger partial charge in [-0.3, -0.25) is 4.79 Å². The maximum absolute atomic E-state index is 12.3. The monoisotopic (exact) mass is 344 g/mol. The van der Waals surface area contributed by atoms with Crippen molar-refractivity contribution in [1.29, 1.82) is 0 Å². The molecule has 0 bridgehead atoms. The maximum Gasteiger partial charge on any atom is 0.310 e. The Hall–Kier alpha value is -1.59. The molecule has 0 aromatic heterocycles. The van der Waals surface area contributed by atoms with Crippen molar-refractivity contribution in [3.8, 4) is 0 Å². The topological polar surface area (TPSA) is 59.6 Å². The fraction of sp³-hybridized carbons (Fsp3) is 0.650. The van der Waals surface area contributed by atoms with Crippen LogP contribution in [-0.4, -0.2) is 38.4 Å². The fourth-order valence-corrected chi connectivity index (χ4v) is 4.63. The Morgan fingerprint density at radius 2 is 1.96 bits per heavy atom. The Morgan fingerprint density at radius 3 is 2.68 bits per heavy atom. The first kappa shape index (κ1) is 16.9. The summed E-state index contributed by atoms with van der Waals surface area (Å²) in [7, 11) is 1.48. The maximum atomic E-state index is 12.3. The zero-order valence-electron chi connectivity index (χ0n) is 14.9. The van der Waals surface area contributed by atoms with Crippen LogP contribution >= 0.6 is 0 Å². The third kappa shape index (κ3) is 3.53. The summed E-state index contributed by atoms with van der Waals surface area (Å²) in [5.74, 6) is 0.126. The summed E-state index contributed by atoms with van der Waals surface area (Å²) in [6.07, 6.45) is 6.01. The van der Waals surface area contributed by atoms with Crippen LogP contribution in [0, 0.1) is 11.8 Å². The number of rotatable bonds is 4. The second kappa shape index (κ2) is 7.34. The lowest BCUT2D eigenvalue weighted by Gasteiger charge is -2.37. The molecule has 2 N–H and O–H groups in total. The summed E-state index contributed by atoms with van der Waals surface area (Å²) in [4.78, 5) is 12.3. The molecule has 4 rings (SSSR count). The van der Waals surface area contributed by atoms with Gasteiger partial charge in [-0.2, -0.15) is 0 Å². The smallest absolute Gasteiger partial charge is 0.310 e. The van der Waals surface area contributed by atoms with E-state index < -0.39 is 0 Å². The Morgan fingerprint density at radius 1 is 1.20 bits per heavy atom. The summed E-state index contributed by atoms with van der Waals surface area (Å²) in [6.45, 7) is 1.47. The van der Waals surface area contributed by atoms with Crippen molar-refractivity contribution >= 4 is 11.7 Å². The number of anilines is 1. The summed E-state index contributed by atoms with van der Waals surface area (Å²) in [5.41, 5.74) is 2.32. The number of carbonyl (C=O) groups is 1. The molecular formula is C20H28N2O3. The van der Waals surface area contributed by atoms with E-state index in [1.807, 2.05) is 0 Å². The van der Waals surface area contributed by atoms with Crippen molar-refractivity contribution in [2.24, 2.45) is 11.8 Å². The number of ether oxygens (including phenoxy) is 2. The minimum Gasteiger partial charge on any atom is -0.469 e. The molecule has 1 unspecified atom stereocenters. The van der Waals surface area contributed by atoms with E-state index in [9.17, 15) is 4.79 Å². The molecular weight excluding hydrogens is 316 g/mol. The third-order valence-electron chi connectivity index (χ3n) is 6.05. The van der Waals surface area contributed by atoms with Gasteiger partial charge in [0.1, 0.15) is 0 Å². The van der Waals surface area contributed by atoms with Crippen molar-refractivity contribution in [2.75, 3.05) is 25.6 Å². The molecule has 0 spiro atoms. The third-order valence-corrected chi connectivity index (χ3v) is 6.05. The SMILES string of the molecule is COC(=O)[C@H]1C[C@H]2COCC2N[C@H]1c1ccc(NC2CCCC2)cc1. The molecule has 2 aliphatic heterocycles. The van der Waals surface area contributed by atoms with Gasteiger partial charge in [0.15, 0.2) is 0 Å². The van der Waals surface area contributed by atoms with Gasteiger partial charge in [0, 0.05) is 29.7 Å². The average molecular weight is 344 g/mol. The summed E-state index contributed by atoms with van der Waals surface area (Å²) in [6, 6.07) is 9.50. The lowest BCUT2D eigenvalue weighted by atomic mass is 9.79. The molecule has 3 aliphatic rings. The van der Waals surface area contributed by atoms with E-state index in [2.05, 4.69) is 34.9 Å². The van der Waals surface area contributed by atoms with Gasteiger partial charge in [-0.25, -0.2) is 0 Å². The van der Waals surface area contributed by atoms with Crippen molar-refractivity contribution < 1.29 is 14.3 Å². The first-order valence-corrected chi connectivity index (χ1v) is 9.52. The number of hydrogen-bond acceptors (Lipinski definition) is 5. The number of esters is 1. The largest absolute Gasteiger partial charge is 0.469 e. The summed E-state index contributed by atoms with van der Waals surface area (Å²) >= 11 is 0. The van der Waals surface area contributed by atoms with Crippen LogP contribution in [-0.2, 0) is 14.3 Å². The van der Waals surface area contributed by atoms with Crippen LogP contribution in [0.2, 0.25) is 0 Å². The molecule has 136 valence electrons. The van der Waals surface area contributed by atoms with Gasteiger partial charge in [0.2, 0.25) is 0 Å². The van der Waals surface area contributed by atoms with Crippen molar-refractivity contribution in [2.45, 2.75) is 50.2 Å². The van der Waals surface area contributed by atoms with Gasteiger partial charge >= 0.3 is 5.97 Å². The normalized spacial score (nSPS) is 32.4. The zero-order valence-corrected chi connectivity index (χ0v) is 14.9. The molecule has 0 radical (unpaired) electrons. The van der Waals surface area contributed by atoms with Gasteiger partial charge in [0.05, 0.1) is 26.2 Å². The highest BCUT2D eigenvalue weighted by atomic mass is 16.5. The molecule has 4 atom stereocenters. The first-order valence-electron chi connectivity index (χ1n) is 9.52. The molecule has 5 nitrogen and oxygen atoms in total. The van der Waals surface area contributed by atoms with Crippen LogP contribution in [0.1, 0.15) is 43.7 Å². The Labute approximate surface area is 149 Å². The molecule has 1 aromatic rings. The quantitative estimate of drug-likeness (QED) is 0.823. The molecule has 1 aromatic carbocycles. The van der Waals surface area contributed by atoms with Crippen molar-refractivity contribution in [3.05, 3.63) is 29.8 Å². The van der Waals surface area contributed by atoms with Crippen molar-refractivity contribution in [3.63, 3.8) is 0 Å². The lowest BCUT2D eigenvalue weighted by Crippen LogP contribution is -2.49. The Balaban J connectivity index is 1.50. The highest BCUT2D eigenvalue weighted by molar-refractivity contribution is 5.74. The molecule has 0 amide bonds. The molecule has 1 saturated carbocycles. The highest BCUT2D eigenvalue weighted by Crippen LogP contribution is 2.38. The molecule has 2 saturated heterocycles. The number of carbonyl (C=O) groups excluding carboxylic acids is 1. The van der Waals surface area contributed by atoms with E-state index in [-0.39, 0.29) is 17.9 Å². The summed E-state index contributed by atoms with van der Waals surface area (Å²) in [5, 5.41) is 7.26. The van der Waals surface area contributed by atoms with E-state index in [1.54, 1.807) is 0 Å².